The van der Waals surface area contributed by atoms with Crippen molar-refractivity contribution in [3.63, 3.8) is 0 Å². The highest BCUT2D eigenvalue weighted by molar-refractivity contribution is 5.99. The number of rotatable bonds is 4. The number of carbonyl (C=O) groups is 2. The third kappa shape index (κ3) is 3.74. The molecule has 2 aromatic rings. The Balaban J connectivity index is 1.51. The molecule has 1 fully saturated rings. The van der Waals surface area contributed by atoms with Crippen molar-refractivity contribution in [3.05, 3.63) is 65.2 Å². The van der Waals surface area contributed by atoms with E-state index in [1.165, 1.54) is 0 Å². The van der Waals surface area contributed by atoms with Crippen molar-refractivity contribution < 1.29 is 9.59 Å². The molecular formula is C24H29N3O2. The van der Waals surface area contributed by atoms with E-state index in [1.54, 1.807) is 0 Å². The minimum absolute atomic E-state index is 0.0548. The molecule has 29 heavy (non-hydrogen) atoms. The summed E-state index contributed by atoms with van der Waals surface area (Å²) in [7, 11) is 0. The molecule has 0 saturated carbocycles. The van der Waals surface area contributed by atoms with E-state index < -0.39 is 0 Å². The molecule has 1 atom stereocenters. The highest BCUT2D eigenvalue weighted by atomic mass is 16.2. The van der Waals surface area contributed by atoms with Crippen molar-refractivity contribution in [2.75, 3.05) is 18.4 Å². The Bertz CT molecular complexity index is 899. The van der Waals surface area contributed by atoms with Gasteiger partial charge in [0.2, 0.25) is 0 Å². The number of fused-ring (bicyclic) bond motifs is 1. The fraction of sp³-hybridized carbons (Fsp3) is 0.417. The predicted octanol–water partition coefficient (Wildman–Crippen LogP) is 4.53. The quantitative estimate of drug-likeness (QED) is 0.833. The zero-order valence-corrected chi connectivity index (χ0v) is 17.4. The second-order valence-corrected chi connectivity index (χ2v) is 8.49. The number of anilines is 1. The first-order valence-electron chi connectivity index (χ1n) is 10.5. The van der Waals surface area contributed by atoms with Crippen molar-refractivity contribution in [1.82, 2.24) is 9.80 Å². The van der Waals surface area contributed by atoms with Gasteiger partial charge < -0.3 is 15.1 Å². The second kappa shape index (κ2) is 7.90. The molecule has 1 saturated heterocycles. The predicted molar refractivity (Wildman–Crippen MR) is 115 cm³/mol. The van der Waals surface area contributed by atoms with Crippen LogP contribution in [0.5, 0.6) is 0 Å². The first-order valence-corrected chi connectivity index (χ1v) is 10.5. The summed E-state index contributed by atoms with van der Waals surface area (Å²) in [5, 5.41) is 3.49. The number of amides is 2. The van der Waals surface area contributed by atoms with Gasteiger partial charge in [0, 0.05) is 41.5 Å². The fourth-order valence-corrected chi connectivity index (χ4v) is 4.28. The lowest BCUT2D eigenvalue weighted by molar-refractivity contribution is 0.0682. The topological polar surface area (TPSA) is 52.7 Å². The van der Waals surface area contributed by atoms with E-state index in [0.717, 1.165) is 42.7 Å². The van der Waals surface area contributed by atoms with Gasteiger partial charge in [-0.2, -0.15) is 0 Å². The SMILES string of the molecule is CC1CCN(C(=O)c2ccc(NC3c4ccccc4C(=O)N3C(C)C)cc2)CC1. The molecule has 0 bridgehead atoms. The van der Waals surface area contributed by atoms with Gasteiger partial charge in [-0.05, 0) is 62.9 Å². The van der Waals surface area contributed by atoms with Gasteiger partial charge in [-0.15, -0.1) is 0 Å². The average molecular weight is 392 g/mol. The number of nitrogens with zero attached hydrogens (tertiary/aromatic N) is 2. The number of nitrogens with one attached hydrogen (secondary N) is 1. The van der Waals surface area contributed by atoms with Gasteiger partial charge in [-0.3, -0.25) is 9.59 Å². The number of piperidine rings is 1. The highest BCUT2D eigenvalue weighted by Crippen LogP contribution is 2.35. The maximum atomic E-state index is 12.8. The Morgan fingerprint density at radius 3 is 2.34 bits per heavy atom. The molecule has 2 aromatic carbocycles. The summed E-state index contributed by atoms with van der Waals surface area (Å²) in [5.74, 6) is 0.861. The third-order valence-electron chi connectivity index (χ3n) is 6.06. The Morgan fingerprint density at radius 1 is 1.03 bits per heavy atom. The van der Waals surface area contributed by atoms with Gasteiger partial charge in [0.05, 0.1) is 0 Å². The summed E-state index contributed by atoms with van der Waals surface area (Å²) in [4.78, 5) is 29.4. The summed E-state index contributed by atoms with van der Waals surface area (Å²) in [6.07, 6.45) is 1.95. The highest BCUT2D eigenvalue weighted by Gasteiger charge is 2.37. The van der Waals surface area contributed by atoms with Gasteiger partial charge in [0.25, 0.3) is 11.8 Å². The summed E-state index contributed by atoms with van der Waals surface area (Å²) < 4.78 is 0. The summed E-state index contributed by atoms with van der Waals surface area (Å²) >= 11 is 0. The molecule has 0 radical (unpaired) electrons. The molecule has 2 aliphatic rings. The molecule has 0 aromatic heterocycles. The molecule has 0 aliphatic carbocycles. The molecule has 1 unspecified atom stereocenters. The molecule has 152 valence electrons. The Kier molecular flexibility index (Phi) is 5.31. The smallest absolute Gasteiger partial charge is 0.256 e. The molecule has 1 N–H and O–H groups in total. The lowest BCUT2D eigenvalue weighted by Gasteiger charge is -2.31. The Labute approximate surface area is 172 Å². The van der Waals surface area contributed by atoms with Crippen molar-refractivity contribution in [3.8, 4) is 0 Å². The van der Waals surface area contributed by atoms with Crippen LogP contribution in [0.3, 0.4) is 0 Å². The van der Waals surface area contributed by atoms with E-state index in [2.05, 4.69) is 12.2 Å². The van der Waals surface area contributed by atoms with E-state index >= 15 is 0 Å². The number of hydrogen-bond donors (Lipinski definition) is 1. The van der Waals surface area contributed by atoms with Crippen molar-refractivity contribution in [2.45, 2.75) is 45.8 Å². The molecule has 4 rings (SSSR count). The summed E-state index contributed by atoms with van der Waals surface area (Å²) in [6.45, 7) is 7.97. The Morgan fingerprint density at radius 2 is 1.69 bits per heavy atom. The standard InChI is InChI=1S/C24H29N3O2/c1-16(2)27-22(20-6-4-5-7-21(20)24(27)29)25-19-10-8-18(9-11-19)23(28)26-14-12-17(3)13-15-26/h4-11,16-17,22,25H,12-15H2,1-3H3. The first kappa shape index (κ1) is 19.5. The van der Waals surface area contributed by atoms with Crippen LogP contribution >= 0.6 is 0 Å². The monoisotopic (exact) mass is 391 g/mol. The fourth-order valence-electron chi connectivity index (χ4n) is 4.28. The van der Waals surface area contributed by atoms with Crippen LogP contribution in [0.15, 0.2) is 48.5 Å². The minimum atomic E-state index is -0.205. The van der Waals surface area contributed by atoms with Gasteiger partial charge in [-0.1, -0.05) is 25.1 Å². The number of benzene rings is 2. The third-order valence-corrected chi connectivity index (χ3v) is 6.06. The van der Waals surface area contributed by atoms with Crippen LogP contribution < -0.4 is 5.32 Å². The minimum Gasteiger partial charge on any atom is -0.361 e. The molecule has 0 spiro atoms. The molecular weight excluding hydrogens is 362 g/mol. The van der Waals surface area contributed by atoms with Crippen LogP contribution in [0.4, 0.5) is 5.69 Å². The van der Waals surface area contributed by atoms with Crippen LogP contribution in [0.1, 0.15) is 66.1 Å². The Hall–Kier alpha value is -2.82. The van der Waals surface area contributed by atoms with Crippen LogP contribution in [-0.2, 0) is 0 Å². The van der Waals surface area contributed by atoms with Crippen molar-refractivity contribution in [2.24, 2.45) is 5.92 Å². The van der Waals surface area contributed by atoms with Crippen LogP contribution in [0.25, 0.3) is 0 Å². The molecule has 2 heterocycles. The van der Waals surface area contributed by atoms with Gasteiger partial charge in [0.1, 0.15) is 6.17 Å². The molecule has 5 heteroatoms. The largest absolute Gasteiger partial charge is 0.361 e. The number of likely N-dealkylation sites (tertiary alicyclic amines) is 1. The number of hydrogen-bond acceptors (Lipinski definition) is 3. The zero-order valence-electron chi connectivity index (χ0n) is 17.4. The van der Waals surface area contributed by atoms with Crippen molar-refractivity contribution in [1.29, 1.82) is 0 Å². The zero-order chi connectivity index (χ0) is 20.5. The molecule has 2 amide bonds. The van der Waals surface area contributed by atoms with Crippen molar-refractivity contribution >= 4 is 17.5 Å². The van der Waals surface area contributed by atoms with E-state index in [0.29, 0.717) is 11.5 Å². The molecule has 2 aliphatic heterocycles. The van der Waals surface area contributed by atoms with Gasteiger partial charge in [-0.25, -0.2) is 0 Å². The lowest BCUT2D eigenvalue weighted by atomic mass is 9.98. The van der Waals surface area contributed by atoms with Gasteiger partial charge >= 0.3 is 0 Å². The molecule has 5 nitrogen and oxygen atoms in total. The summed E-state index contributed by atoms with van der Waals surface area (Å²) in [6, 6.07) is 15.5. The van der Waals surface area contributed by atoms with E-state index in [1.807, 2.05) is 72.2 Å². The van der Waals surface area contributed by atoms with Gasteiger partial charge in [0.15, 0.2) is 0 Å². The van der Waals surface area contributed by atoms with E-state index in [9.17, 15) is 9.59 Å². The maximum Gasteiger partial charge on any atom is 0.256 e. The van der Waals surface area contributed by atoms with E-state index in [4.69, 9.17) is 0 Å². The normalized spacial score (nSPS) is 19.6. The number of carbonyl (C=O) groups excluding carboxylic acids is 2. The van der Waals surface area contributed by atoms with Crippen LogP contribution in [0, 0.1) is 5.92 Å². The van der Waals surface area contributed by atoms with E-state index in [-0.39, 0.29) is 24.0 Å². The average Bonchev–Trinajstić information content (AvgIpc) is 3.01. The first-order chi connectivity index (χ1) is 14.0. The lowest BCUT2D eigenvalue weighted by Crippen LogP contribution is -2.38. The second-order valence-electron chi connectivity index (χ2n) is 8.49. The van der Waals surface area contributed by atoms with Crippen LogP contribution in [0.2, 0.25) is 0 Å². The maximum absolute atomic E-state index is 12.8. The van der Waals surface area contributed by atoms with Crippen LogP contribution in [-0.4, -0.2) is 40.7 Å². The summed E-state index contributed by atoms with van der Waals surface area (Å²) in [5.41, 5.74) is 3.36.